The van der Waals surface area contributed by atoms with Gasteiger partial charge in [-0.2, -0.15) is 0 Å². The van der Waals surface area contributed by atoms with E-state index < -0.39 is 0 Å². The Bertz CT molecular complexity index is 482. The maximum Gasteiger partial charge on any atom is 0.224 e. The van der Waals surface area contributed by atoms with Crippen LogP contribution >= 0.6 is 0 Å². The maximum absolute atomic E-state index is 11.8. The number of hydrogen-bond donors (Lipinski definition) is 2. The van der Waals surface area contributed by atoms with Crippen molar-refractivity contribution in [1.82, 2.24) is 10.2 Å². The molecule has 108 valence electrons. The Morgan fingerprint density at radius 3 is 2.60 bits per heavy atom. The molecule has 5 heteroatoms. The van der Waals surface area contributed by atoms with Crippen LogP contribution in [0.4, 0.5) is 5.69 Å². The van der Waals surface area contributed by atoms with Crippen molar-refractivity contribution in [1.29, 1.82) is 0 Å². The minimum atomic E-state index is -0.0999. The van der Waals surface area contributed by atoms with Crippen LogP contribution in [0, 0.1) is 0 Å². The van der Waals surface area contributed by atoms with E-state index in [1.807, 2.05) is 23.1 Å². The number of carbonyl (C=O) groups is 2. The van der Waals surface area contributed by atoms with Crippen LogP contribution in [-0.2, 0) is 16.0 Å². The van der Waals surface area contributed by atoms with Gasteiger partial charge in [0.25, 0.3) is 0 Å². The average Bonchev–Trinajstić information content (AvgIpc) is 2.95. The van der Waals surface area contributed by atoms with Gasteiger partial charge in [0.15, 0.2) is 0 Å². The van der Waals surface area contributed by atoms with Crippen LogP contribution < -0.4 is 11.1 Å². The fourth-order valence-corrected chi connectivity index (χ4v) is 2.36. The van der Waals surface area contributed by atoms with Crippen LogP contribution in [0.15, 0.2) is 24.3 Å². The quantitative estimate of drug-likeness (QED) is 0.785. The molecule has 0 spiro atoms. The second-order valence-electron chi connectivity index (χ2n) is 5.06. The number of likely N-dealkylation sites (tertiary alicyclic amines) is 1. The third-order valence-electron chi connectivity index (χ3n) is 3.53. The zero-order valence-electron chi connectivity index (χ0n) is 11.6. The van der Waals surface area contributed by atoms with Gasteiger partial charge in [-0.15, -0.1) is 0 Å². The van der Waals surface area contributed by atoms with Gasteiger partial charge in [-0.05, 0) is 24.5 Å². The first-order valence-corrected chi connectivity index (χ1v) is 7.04. The molecular formula is C15H21N3O2. The largest absolute Gasteiger partial charge is 0.398 e. The van der Waals surface area contributed by atoms with E-state index in [2.05, 4.69) is 5.32 Å². The van der Waals surface area contributed by atoms with Gasteiger partial charge < -0.3 is 16.0 Å². The molecule has 1 aliphatic rings. The minimum absolute atomic E-state index is 0.0999. The third-order valence-corrected chi connectivity index (χ3v) is 3.53. The topological polar surface area (TPSA) is 75.4 Å². The summed E-state index contributed by atoms with van der Waals surface area (Å²) in [6, 6.07) is 7.31. The van der Waals surface area contributed by atoms with Crippen molar-refractivity contribution >= 4 is 17.5 Å². The highest BCUT2D eigenvalue weighted by atomic mass is 16.2. The summed E-state index contributed by atoms with van der Waals surface area (Å²) in [6.45, 7) is 2.10. The molecule has 0 radical (unpaired) electrons. The molecule has 20 heavy (non-hydrogen) atoms. The third kappa shape index (κ3) is 3.98. The Morgan fingerprint density at radius 1 is 1.20 bits per heavy atom. The molecule has 0 aromatic heterocycles. The number of amides is 2. The molecule has 1 aromatic carbocycles. The summed E-state index contributed by atoms with van der Waals surface area (Å²) in [7, 11) is 0. The summed E-state index contributed by atoms with van der Waals surface area (Å²) in [5.41, 5.74) is 7.22. The average molecular weight is 275 g/mol. The van der Waals surface area contributed by atoms with Gasteiger partial charge in [0.05, 0.1) is 6.42 Å². The first-order valence-electron chi connectivity index (χ1n) is 7.04. The highest BCUT2D eigenvalue weighted by molar-refractivity contribution is 5.81. The van der Waals surface area contributed by atoms with Crippen LogP contribution in [-0.4, -0.2) is 36.3 Å². The van der Waals surface area contributed by atoms with Crippen molar-refractivity contribution in [2.75, 3.05) is 25.4 Å². The summed E-state index contributed by atoms with van der Waals surface area (Å²) >= 11 is 0. The summed E-state index contributed by atoms with van der Waals surface area (Å²) in [5, 5.41) is 2.77. The zero-order chi connectivity index (χ0) is 14.4. The molecule has 0 aliphatic carbocycles. The summed E-state index contributed by atoms with van der Waals surface area (Å²) in [4.78, 5) is 25.4. The molecule has 1 aliphatic heterocycles. The van der Waals surface area contributed by atoms with Crippen molar-refractivity contribution in [3.8, 4) is 0 Å². The highest BCUT2D eigenvalue weighted by Gasteiger charge is 2.17. The maximum atomic E-state index is 11.8. The first-order chi connectivity index (χ1) is 9.66. The van der Waals surface area contributed by atoms with E-state index in [0.717, 1.165) is 31.5 Å². The van der Waals surface area contributed by atoms with Crippen molar-refractivity contribution < 1.29 is 9.59 Å². The van der Waals surface area contributed by atoms with E-state index in [1.165, 1.54) is 0 Å². The Hall–Kier alpha value is -2.04. The number of hydrogen-bond acceptors (Lipinski definition) is 3. The lowest BCUT2D eigenvalue weighted by molar-refractivity contribution is -0.130. The molecule has 2 amide bonds. The Labute approximate surface area is 119 Å². The van der Waals surface area contributed by atoms with Crippen LogP contribution in [0.2, 0.25) is 0 Å². The van der Waals surface area contributed by atoms with E-state index in [4.69, 9.17) is 5.73 Å². The standard InChI is InChI=1S/C15H21N3O2/c16-13-6-2-1-5-12(13)11-14(19)17-8-7-15(20)18-9-3-4-10-18/h1-2,5-6H,3-4,7-11,16H2,(H,17,19). The van der Waals surface area contributed by atoms with Crippen molar-refractivity contribution in [2.24, 2.45) is 0 Å². The van der Waals surface area contributed by atoms with Crippen molar-refractivity contribution in [3.05, 3.63) is 29.8 Å². The number of anilines is 1. The molecule has 0 unspecified atom stereocenters. The van der Waals surface area contributed by atoms with E-state index in [0.29, 0.717) is 18.7 Å². The van der Waals surface area contributed by atoms with Crippen LogP contribution in [0.25, 0.3) is 0 Å². The number of nitrogens with zero attached hydrogens (tertiary/aromatic N) is 1. The second kappa shape index (κ2) is 6.93. The number of nitrogens with one attached hydrogen (secondary N) is 1. The molecule has 0 atom stereocenters. The fourth-order valence-electron chi connectivity index (χ4n) is 2.36. The SMILES string of the molecule is Nc1ccccc1CC(=O)NCCC(=O)N1CCCC1. The molecule has 1 fully saturated rings. The zero-order valence-corrected chi connectivity index (χ0v) is 11.6. The first kappa shape index (κ1) is 14.4. The molecule has 2 rings (SSSR count). The van der Waals surface area contributed by atoms with Crippen LogP contribution in [0.5, 0.6) is 0 Å². The van der Waals surface area contributed by atoms with Crippen LogP contribution in [0.1, 0.15) is 24.8 Å². The Kier molecular flexibility index (Phi) is 4.98. The number of carbonyl (C=O) groups excluding carboxylic acids is 2. The van der Waals surface area contributed by atoms with E-state index in [9.17, 15) is 9.59 Å². The van der Waals surface area contributed by atoms with Gasteiger partial charge in [0.2, 0.25) is 11.8 Å². The molecular weight excluding hydrogens is 254 g/mol. The summed E-state index contributed by atoms with van der Waals surface area (Å²) < 4.78 is 0. The fraction of sp³-hybridized carbons (Fsp3) is 0.467. The van der Waals surface area contributed by atoms with Crippen molar-refractivity contribution in [2.45, 2.75) is 25.7 Å². The van der Waals surface area contributed by atoms with E-state index >= 15 is 0 Å². The Morgan fingerprint density at radius 2 is 1.90 bits per heavy atom. The monoisotopic (exact) mass is 275 g/mol. The Balaban J connectivity index is 1.70. The summed E-state index contributed by atoms with van der Waals surface area (Å²) in [5.74, 6) is 0.0270. The smallest absolute Gasteiger partial charge is 0.224 e. The molecule has 3 N–H and O–H groups in total. The molecule has 1 aromatic rings. The normalized spacial score (nSPS) is 14.3. The van der Waals surface area contributed by atoms with E-state index in [1.54, 1.807) is 6.07 Å². The van der Waals surface area contributed by atoms with Gasteiger partial charge in [0.1, 0.15) is 0 Å². The summed E-state index contributed by atoms with van der Waals surface area (Å²) in [6.07, 6.45) is 2.80. The van der Waals surface area contributed by atoms with Gasteiger partial charge in [-0.1, -0.05) is 18.2 Å². The predicted octanol–water partition coefficient (Wildman–Crippen LogP) is 0.940. The van der Waals surface area contributed by atoms with Gasteiger partial charge >= 0.3 is 0 Å². The molecule has 0 saturated carbocycles. The van der Waals surface area contributed by atoms with E-state index in [-0.39, 0.29) is 18.2 Å². The van der Waals surface area contributed by atoms with Gasteiger partial charge in [0, 0.05) is 31.7 Å². The lowest BCUT2D eigenvalue weighted by Gasteiger charge is -2.15. The molecule has 5 nitrogen and oxygen atoms in total. The lowest BCUT2D eigenvalue weighted by Crippen LogP contribution is -2.33. The van der Waals surface area contributed by atoms with Gasteiger partial charge in [-0.25, -0.2) is 0 Å². The van der Waals surface area contributed by atoms with Crippen LogP contribution in [0.3, 0.4) is 0 Å². The molecule has 1 saturated heterocycles. The highest BCUT2D eigenvalue weighted by Crippen LogP contribution is 2.11. The number of para-hydroxylation sites is 1. The number of nitrogens with two attached hydrogens (primary N) is 1. The molecule has 1 heterocycles. The molecule has 0 bridgehead atoms. The second-order valence-corrected chi connectivity index (χ2v) is 5.06. The van der Waals surface area contributed by atoms with Gasteiger partial charge in [-0.3, -0.25) is 9.59 Å². The number of nitrogen functional groups attached to an aromatic ring is 1. The minimum Gasteiger partial charge on any atom is -0.398 e. The number of benzene rings is 1. The number of rotatable bonds is 5. The van der Waals surface area contributed by atoms with Crippen molar-refractivity contribution in [3.63, 3.8) is 0 Å². The lowest BCUT2D eigenvalue weighted by atomic mass is 10.1. The predicted molar refractivity (Wildman–Crippen MR) is 78.0 cm³/mol.